The van der Waals surface area contributed by atoms with Gasteiger partial charge in [-0.3, -0.25) is 14.6 Å². The van der Waals surface area contributed by atoms with E-state index in [0.29, 0.717) is 11.3 Å². The maximum atomic E-state index is 12.5. The monoisotopic (exact) mass is 293 g/mol. The van der Waals surface area contributed by atoms with Crippen LogP contribution in [0.5, 0.6) is 0 Å². The molecule has 5 heteroatoms. The van der Waals surface area contributed by atoms with E-state index in [1.807, 2.05) is 36.4 Å². The summed E-state index contributed by atoms with van der Waals surface area (Å²) in [5, 5.41) is 2.00. The van der Waals surface area contributed by atoms with Gasteiger partial charge < -0.3 is 0 Å². The highest BCUT2D eigenvalue weighted by atomic mass is 16.7. The van der Waals surface area contributed by atoms with Crippen molar-refractivity contribution in [1.82, 2.24) is 15.0 Å². The molecule has 3 rings (SSSR count). The van der Waals surface area contributed by atoms with E-state index in [2.05, 4.69) is 9.97 Å². The Morgan fingerprint density at radius 1 is 1.18 bits per heavy atom. The summed E-state index contributed by atoms with van der Waals surface area (Å²) in [5.74, 6) is -0.216. The summed E-state index contributed by atoms with van der Waals surface area (Å²) in [6.07, 6.45) is 3.43. The van der Waals surface area contributed by atoms with Crippen LogP contribution in [-0.4, -0.2) is 35.1 Å². The number of nitrogens with zero attached hydrogens (tertiary/aromatic N) is 3. The molecule has 110 valence electrons. The number of hydroxylamine groups is 2. The van der Waals surface area contributed by atoms with Crippen molar-refractivity contribution in [2.45, 2.75) is 0 Å². The minimum Gasteiger partial charge on any atom is -0.274 e. The molecule has 0 aliphatic carbocycles. The third-order valence-electron chi connectivity index (χ3n) is 3.46. The Morgan fingerprint density at radius 2 is 2.00 bits per heavy atom. The first-order chi connectivity index (χ1) is 10.7. The fourth-order valence-electron chi connectivity index (χ4n) is 2.27. The molecule has 0 saturated carbocycles. The van der Waals surface area contributed by atoms with Crippen LogP contribution in [-0.2, 0) is 4.84 Å². The van der Waals surface area contributed by atoms with Gasteiger partial charge in [-0.2, -0.15) is 0 Å². The van der Waals surface area contributed by atoms with Crippen molar-refractivity contribution >= 4 is 16.8 Å². The zero-order valence-electron chi connectivity index (χ0n) is 12.4. The van der Waals surface area contributed by atoms with Gasteiger partial charge in [-0.15, -0.1) is 0 Å². The Morgan fingerprint density at radius 3 is 2.73 bits per heavy atom. The molecule has 2 aromatic heterocycles. The molecule has 0 N–H and O–H groups in total. The van der Waals surface area contributed by atoms with Crippen LogP contribution in [0.1, 0.15) is 10.4 Å². The van der Waals surface area contributed by atoms with Crippen molar-refractivity contribution in [2.24, 2.45) is 0 Å². The first-order valence-corrected chi connectivity index (χ1v) is 6.83. The smallest absolute Gasteiger partial charge is 0.274 e. The molecule has 0 aliphatic heterocycles. The Kier molecular flexibility index (Phi) is 3.80. The number of rotatable bonds is 3. The van der Waals surface area contributed by atoms with Crippen LogP contribution in [0, 0.1) is 0 Å². The summed E-state index contributed by atoms with van der Waals surface area (Å²) in [4.78, 5) is 26.3. The van der Waals surface area contributed by atoms with Gasteiger partial charge in [0.25, 0.3) is 5.91 Å². The summed E-state index contributed by atoms with van der Waals surface area (Å²) < 4.78 is 0. The van der Waals surface area contributed by atoms with Gasteiger partial charge in [0.05, 0.1) is 23.9 Å². The summed E-state index contributed by atoms with van der Waals surface area (Å²) in [6, 6.07) is 13.1. The molecule has 2 heterocycles. The molecule has 1 amide bonds. The minimum absolute atomic E-state index is 0.216. The number of para-hydroxylation sites is 1. The van der Waals surface area contributed by atoms with E-state index in [9.17, 15) is 4.79 Å². The molecule has 0 bridgehead atoms. The second-order valence-corrected chi connectivity index (χ2v) is 4.80. The molecule has 1 aromatic carbocycles. The number of aromatic nitrogens is 2. The van der Waals surface area contributed by atoms with Crippen LogP contribution in [0.4, 0.5) is 0 Å². The maximum absolute atomic E-state index is 12.5. The van der Waals surface area contributed by atoms with Gasteiger partial charge >= 0.3 is 0 Å². The van der Waals surface area contributed by atoms with Gasteiger partial charge in [0.15, 0.2) is 0 Å². The normalized spacial score (nSPS) is 10.6. The highest BCUT2D eigenvalue weighted by Crippen LogP contribution is 2.25. The lowest BCUT2D eigenvalue weighted by molar-refractivity contribution is -0.0755. The van der Waals surface area contributed by atoms with Crippen molar-refractivity contribution in [2.75, 3.05) is 14.2 Å². The van der Waals surface area contributed by atoms with E-state index in [1.54, 1.807) is 25.5 Å². The van der Waals surface area contributed by atoms with Crippen molar-refractivity contribution < 1.29 is 9.63 Å². The number of pyridine rings is 2. The van der Waals surface area contributed by atoms with E-state index < -0.39 is 0 Å². The molecule has 22 heavy (non-hydrogen) atoms. The van der Waals surface area contributed by atoms with Crippen molar-refractivity contribution in [3.63, 3.8) is 0 Å². The van der Waals surface area contributed by atoms with Crippen LogP contribution in [0.2, 0.25) is 0 Å². The number of amides is 1. The number of fused-ring (bicyclic) bond motifs is 1. The zero-order valence-corrected chi connectivity index (χ0v) is 12.4. The average molecular weight is 293 g/mol. The molecule has 0 atom stereocenters. The van der Waals surface area contributed by atoms with Gasteiger partial charge in [0.1, 0.15) is 0 Å². The highest BCUT2D eigenvalue weighted by Gasteiger charge is 2.17. The van der Waals surface area contributed by atoms with E-state index in [4.69, 9.17) is 4.84 Å². The van der Waals surface area contributed by atoms with Gasteiger partial charge in [0, 0.05) is 30.4 Å². The van der Waals surface area contributed by atoms with Gasteiger partial charge in [-0.05, 0) is 24.3 Å². The summed E-state index contributed by atoms with van der Waals surface area (Å²) >= 11 is 0. The molecule has 0 fully saturated rings. The molecular formula is C17H15N3O2. The minimum atomic E-state index is -0.216. The third-order valence-corrected chi connectivity index (χ3v) is 3.46. The largest absolute Gasteiger partial charge is 0.277 e. The van der Waals surface area contributed by atoms with E-state index in [0.717, 1.165) is 16.5 Å². The molecular weight excluding hydrogens is 278 g/mol. The third kappa shape index (κ3) is 2.54. The first kappa shape index (κ1) is 14.2. The molecule has 0 unspecified atom stereocenters. The molecule has 3 aromatic rings. The average Bonchev–Trinajstić information content (AvgIpc) is 2.60. The molecule has 0 radical (unpaired) electrons. The lowest BCUT2D eigenvalue weighted by Gasteiger charge is -2.16. The van der Waals surface area contributed by atoms with E-state index in [-0.39, 0.29) is 5.91 Å². The number of carbonyl (C=O) groups is 1. The second-order valence-electron chi connectivity index (χ2n) is 4.80. The molecule has 0 spiro atoms. The topological polar surface area (TPSA) is 55.3 Å². The van der Waals surface area contributed by atoms with Gasteiger partial charge in [0.2, 0.25) is 0 Å². The maximum Gasteiger partial charge on any atom is 0.277 e. The summed E-state index contributed by atoms with van der Waals surface area (Å²) in [7, 11) is 3.05. The Bertz CT molecular complexity index is 819. The Labute approximate surface area is 128 Å². The Balaban J connectivity index is 2.23. The summed E-state index contributed by atoms with van der Waals surface area (Å²) in [5.41, 5.74) is 2.88. The van der Waals surface area contributed by atoms with Crippen LogP contribution in [0.3, 0.4) is 0 Å². The van der Waals surface area contributed by atoms with Crippen LogP contribution in [0.25, 0.3) is 22.2 Å². The van der Waals surface area contributed by atoms with Crippen LogP contribution < -0.4 is 0 Å². The van der Waals surface area contributed by atoms with Crippen molar-refractivity contribution in [3.8, 4) is 11.3 Å². The van der Waals surface area contributed by atoms with Crippen molar-refractivity contribution in [3.05, 3.63) is 60.4 Å². The summed E-state index contributed by atoms with van der Waals surface area (Å²) in [6.45, 7) is 0. The highest BCUT2D eigenvalue weighted by molar-refractivity contribution is 6.06. The van der Waals surface area contributed by atoms with Crippen LogP contribution in [0.15, 0.2) is 54.9 Å². The van der Waals surface area contributed by atoms with Crippen LogP contribution >= 0.6 is 0 Å². The number of carbonyl (C=O) groups excluding carboxylic acids is 1. The van der Waals surface area contributed by atoms with Gasteiger partial charge in [-0.25, -0.2) is 10.0 Å². The number of benzene rings is 1. The zero-order chi connectivity index (χ0) is 15.5. The second kappa shape index (κ2) is 5.91. The number of hydrogen-bond acceptors (Lipinski definition) is 4. The Hall–Kier alpha value is -2.79. The first-order valence-electron chi connectivity index (χ1n) is 6.83. The quantitative estimate of drug-likeness (QED) is 0.697. The fourth-order valence-corrected chi connectivity index (χ4v) is 2.27. The standard InChI is InChI=1S/C17H15N3O2/c1-20(22-2)17(21)14-10-16(12-6-5-9-18-11-12)19-15-8-4-3-7-13(14)15/h3-11H,1-2H3. The van der Waals surface area contributed by atoms with Gasteiger partial charge in [-0.1, -0.05) is 18.2 Å². The fraction of sp³-hybridized carbons (Fsp3) is 0.118. The molecule has 0 aliphatic rings. The predicted molar refractivity (Wildman–Crippen MR) is 84.1 cm³/mol. The van der Waals surface area contributed by atoms with Crippen molar-refractivity contribution in [1.29, 1.82) is 0 Å². The predicted octanol–water partition coefficient (Wildman–Crippen LogP) is 2.93. The molecule has 0 saturated heterocycles. The lowest BCUT2D eigenvalue weighted by Crippen LogP contribution is -2.25. The number of hydrogen-bond donors (Lipinski definition) is 0. The van der Waals surface area contributed by atoms with E-state index >= 15 is 0 Å². The SMILES string of the molecule is CON(C)C(=O)c1cc(-c2cccnc2)nc2ccccc12. The van der Waals surface area contributed by atoms with E-state index in [1.165, 1.54) is 12.2 Å². The molecule has 5 nitrogen and oxygen atoms in total. The lowest BCUT2D eigenvalue weighted by atomic mass is 10.0.